The molecule has 0 aliphatic carbocycles. The third-order valence-corrected chi connectivity index (χ3v) is 5.59. The van der Waals surface area contributed by atoms with Crippen LogP contribution in [-0.2, 0) is 14.3 Å². The lowest BCUT2D eigenvalue weighted by molar-refractivity contribution is -0.139. The maximum Gasteiger partial charge on any atom is 0.277 e. The van der Waals surface area contributed by atoms with Crippen LogP contribution in [0, 0.1) is 0 Å². The molecule has 2 saturated heterocycles. The average molecular weight is 384 g/mol. The number of rotatable bonds is 7. The molecule has 2 fully saturated rings. The van der Waals surface area contributed by atoms with Crippen molar-refractivity contribution in [3.63, 3.8) is 0 Å². The van der Waals surface area contributed by atoms with E-state index >= 15 is 0 Å². The molecular formula is C22H28N2O4. The van der Waals surface area contributed by atoms with Crippen molar-refractivity contribution in [1.29, 1.82) is 0 Å². The topological polar surface area (TPSA) is 59.1 Å². The number of carbonyl (C=O) groups excluding carboxylic acids is 2. The lowest BCUT2D eigenvalue weighted by Crippen LogP contribution is -2.39. The maximum atomic E-state index is 13.3. The minimum atomic E-state index is -0.204. The van der Waals surface area contributed by atoms with Crippen molar-refractivity contribution in [2.75, 3.05) is 32.8 Å². The minimum absolute atomic E-state index is 0.0445. The zero-order valence-electron chi connectivity index (χ0n) is 16.5. The van der Waals surface area contributed by atoms with E-state index in [1.165, 1.54) is 4.90 Å². The summed E-state index contributed by atoms with van der Waals surface area (Å²) in [5.74, 6) is 0.398. The summed E-state index contributed by atoms with van der Waals surface area (Å²) in [6, 6.07) is 7.52. The molecule has 1 atom stereocenters. The Morgan fingerprint density at radius 2 is 1.82 bits per heavy atom. The summed E-state index contributed by atoms with van der Waals surface area (Å²) in [6.07, 6.45) is 4.88. The van der Waals surface area contributed by atoms with Gasteiger partial charge >= 0.3 is 0 Å². The van der Waals surface area contributed by atoms with Crippen molar-refractivity contribution in [3.05, 3.63) is 35.5 Å². The molecule has 1 aromatic carbocycles. The van der Waals surface area contributed by atoms with Crippen molar-refractivity contribution in [3.8, 4) is 5.75 Å². The molecule has 0 spiro atoms. The number of hydrogen-bond donors (Lipinski definition) is 0. The number of likely N-dealkylation sites (tertiary alicyclic amines) is 1. The molecule has 150 valence electrons. The van der Waals surface area contributed by atoms with Gasteiger partial charge in [-0.05, 0) is 49.8 Å². The second-order valence-electron chi connectivity index (χ2n) is 7.65. The van der Waals surface area contributed by atoms with Gasteiger partial charge in [0.2, 0.25) is 0 Å². The predicted octanol–water partition coefficient (Wildman–Crippen LogP) is 2.83. The first-order chi connectivity index (χ1) is 13.7. The Morgan fingerprint density at radius 3 is 2.46 bits per heavy atom. The van der Waals surface area contributed by atoms with Gasteiger partial charge in [-0.1, -0.05) is 19.1 Å². The van der Waals surface area contributed by atoms with Crippen LogP contribution in [0.1, 0.15) is 44.6 Å². The molecule has 0 aromatic heterocycles. The summed E-state index contributed by atoms with van der Waals surface area (Å²) in [6.45, 7) is 5.42. The van der Waals surface area contributed by atoms with Crippen LogP contribution < -0.4 is 4.74 Å². The van der Waals surface area contributed by atoms with Crippen LogP contribution in [0.25, 0.3) is 5.57 Å². The van der Waals surface area contributed by atoms with Gasteiger partial charge in [-0.25, -0.2) is 0 Å². The number of amides is 2. The lowest BCUT2D eigenvalue weighted by atomic mass is 10.0. The highest BCUT2D eigenvalue weighted by Gasteiger charge is 2.43. The molecule has 0 radical (unpaired) electrons. The van der Waals surface area contributed by atoms with E-state index in [2.05, 4.69) is 11.8 Å². The molecule has 3 heterocycles. The number of imide groups is 1. The molecule has 3 aliphatic rings. The van der Waals surface area contributed by atoms with Crippen LogP contribution in [0.4, 0.5) is 0 Å². The van der Waals surface area contributed by atoms with E-state index in [1.54, 1.807) is 0 Å². The van der Waals surface area contributed by atoms with Gasteiger partial charge in [0.1, 0.15) is 11.4 Å². The molecule has 1 aromatic rings. The first-order valence-electron chi connectivity index (χ1n) is 10.4. The van der Waals surface area contributed by atoms with Crippen molar-refractivity contribution in [1.82, 2.24) is 9.80 Å². The van der Waals surface area contributed by atoms with E-state index in [9.17, 15) is 9.59 Å². The third kappa shape index (κ3) is 3.65. The maximum absolute atomic E-state index is 13.3. The summed E-state index contributed by atoms with van der Waals surface area (Å²) in [7, 11) is 0. The van der Waals surface area contributed by atoms with E-state index in [1.807, 2.05) is 24.3 Å². The Bertz CT molecular complexity index is 759. The molecule has 0 saturated carbocycles. The third-order valence-electron chi connectivity index (χ3n) is 5.59. The van der Waals surface area contributed by atoms with Gasteiger partial charge in [-0.3, -0.25) is 14.5 Å². The Hall–Kier alpha value is -2.34. The van der Waals surface area contributed by atoms with Crippen LogP contribution in [0.2, 0.25) is 0 Å². The fraction of sp³-hybridized carbons (Fsp3) is 0.545. The van der Waals surface area contributed by atoms with Crippen molar-refractivity contribution < 1.29 is 19.1 Å². The predicted molar refractivity (Wildman–Crippen MR) is 106 cm³/mol. The Kier molecular flexibility index (Phi) is 5.67. The average Bonchev–Trinajstić information content (AvgIpc) is 3.45. The van der Waals surface area contributed by atoms with Gasteiger partial charge in [0, 0.05) is 19.7 Å². The largest absolute Gasteiger partial charge is 0.494 e. The van der Waals surface area contributed by atoms with Crippen LogP contribution in [0.15, 0.2) is 30.0 Å². The minimum Gasteiger partial charge on any atom is -0.494 e. The van der Waals surface area contributed by atoms with E-state index < -0.39 is 0 Å². The van der Waals surface area contributed by atoms with Crippen molar-refractivity contribution in [2.24, 2.45) is 0 Å². The lowest BCUT2D eigenvalue weighted by Gasteiger charge is -2.21. The highest BCUT2D eigenvalue weighted by molar-refractivity contribution is 6.35. The Balaban J connectivity index is 1.63. The van der Waals surface area contributed by atoms with E-state index in [-0.39, 0.29) is 17.9 Å². The fourth-order valence-corrected chi connectivity index (χ4v) is 4.15. The Labute approximate surface area is 166 Å². The number of hydrogen-bond acceptors (Lipinski definition) is 5. The van der Waals surface area contributed by atoms with Crippen LogP contribution in [-0.4, -0.2) is 60.6 Å². The summed E-state index contributed by atoms with van der Waals surface area (Å²) in [5.41, 5.74) is 1.86. The molecule has 4 rings (SSSR count). The molecule has 0 bridgehead atoms. The normalized spacial score (nSPS) is 22.7. The second kappa shape index (κ2) is 8.35. The van der Waals surface area contributed by atoms with Crippen LogP contribution >= 0.6 is 0 Å². The van der Waals surface area contributed by atoms with E-state index in [0.29, 0.717) is 31.0 Å². The number of carbonyl (C=O) groups is 2. The molecule has 1 unspecified atom stereocenters. The zero-order valence-corrected chi connectivity index (χ0v) is 16.5. The molecule has 6 nitrogen and oxygen atoms in total. The standard InChI is InChI=1S/C22H28N2O4/c1-2-13-27-17-9-7-16(8-10-17)19-20(23-11-3-4-12-23)22(26)24(21(19)25)15-18-6-5-14-28-18/h7-10,18H,2-6,11-15H2,1H3. The van der Waals surface area contributed by atoms with Gasteiger partial charge in [0.05, 0.1) is 24.8 Å². The van der Waals surface area contributed by atoms with Crippen LogP contribution in [0.5, 0.6) is 5.75 Å². The molecule has 6 heteroatoms. The first kappa shape index (κ1) is 19.0. The summed E-state index contributed by atoms with van der Waals surface area (Å²) < 4.78 is 11.3. The number of nitrogens with zero attached hydrogens (tertiary/aromatic N) is 2. The molecule has 3 aliphatic heterocycles. The number of benzene rings is 1. The molecule has 28 heavy (non-hydrogen) atoms. The summed E-state index contributed by atoms with van der Waals surface area (Å²) in [4.78, 5) is 29.9. The molecule has 0 N–H and O–H groups in total. The molecular weight excluding hydrogens is 356 g/mol. The van der Waals surface area contributed by atoms with Gasteiger partial charge in [0.25, 0.3) is 11.8 Å². The number of ether oxygens (including phenoxy) is 2. The van der Waals surface area contributed by atoms with Crippen molar-refractivity contribution >= 4 is 17.4 Å². The van der Waals surface area contributed by atoms with Gasteiger partial charge < -0.3 is 14.4 Å². The smallest absolute Gasteiger partial charge is 0.277 e. The SMILES string of the molecule is CCCOc1ccc(C2=C(N3CCCC3)C(=O)N(CC3CCCO3)C2=O)cc1. The second-order valence-corrected chi connectivity index (χ2v) is 7.65. The Morgan fingerprint density at radius 1 is 1.07 bits per heavy atom. The highest BCUT2D eigenvalue weighted by Crippen LogP contribution is 2.34. The summed E-state index contributed by atoms with van der Waals surface area (Å²) in [5, 5.41) is 0. The summed E-state index contributed by atoms with van der Waals surface area (Å²) >= 11 is 0. The quantitative estimate of drug-likeness (QED) is 0.677. The highest BCUT2D eigenvalue weighted by atomic mass is 16.5. The van der Waals surface area contributed by atoms with Gasteiger partial charge in [-0.15, -0.1) is 0 Å². The van der Waals surface area contributed by atoms with E-state index in [0.717, 1.165) is 56.5 Å². The zero-order chi connectivity index (χ0) is 19.5. The molecule has 2 amide bonds. The van der Waals surface area contributed by atoms with Crippen molar-refractivity contribution in [2.45, 2.75) is 45.1 Å². The van der Waals surface area contributed by atoms with Gasteiger partial charge in [0.15, 0.2) is 0 Å². The van der Waals surface area contributed by atoms with Crippen LogP contribution in [0.3, 0.4) is 0 Å². The van der Waals surface area contributed by atoms with E-state index in [4.69, 9.17) is 9.47 Å². The first-order valence-corrected chi connectivity index (χ1v) is 10.4. The van der Waals surface area contributed by atoms with Gasteiger partial charge in [-0.2, -0.15) is 0 Å². The monoisotopic (exact) mass is 384 g/mol. The fourth-order valence-electron chi connectivity index (χ4n) is 4.15.